The van der Waals surface area contributed by atoms with Crippen LogP contribution in [0.5, 0.6) is 0 Å². The number of hydrogen-bond donors (Lipinski definition) is 0. The lowest BCUT2D eigenvalue weighted by atomic mass is 10.2. The van der Waals surface area contributed by atoms with Gasteiger partial charge in [0.2, 0.25) is 0 Å². The highest BCUT2D eigenvalue weighted by Gasteiger charge is 2.10. The third kappa shape index (κ3) is 3.48. The second-order valence-corrected chi connectivity index (χ2v) is 5.94. The fraction of sp³-hybridized carbons (Fsp3) is 0.421. The zero-order valence-corrected chi connectivity index (χ0v) is 14.2. The summed E-state index contributed by atoms with van der Waals surface area (Å²) in [5.41, 5.74) is 5.99. The first kappa shape index (κ1) is 15.8. The summed E-state index contributed by atoms with van der Waals surface area (Å²) in [6.07, 6.45) is 1.97. The Labute approximate surface area is 138 Å². The molecule has 0 bridgehead atoms. The lowest BCUT2D eigenvalue weighted by Crippen LogP contribution is -2.36. The van der Waals surface area contributed by atoms with Crippen LogP contribution in [-0.4, -0.2) is 37.1 Å². The third-order valence-corrected chi connectivity index (χ3v) is 4.51. The van der Waals surface area contributed by atoms with E-state index < -0.39 is 0 Å². The summed E-state index contributed by atoms with van der Waals surface area (Å²) in [6, 6.07) is 10.7. The number of ether oxygens (including phenoxy) is 1. The van der Waals surface area contributed by atoms with E-state index in [0.29, 0.717) is 0 Å². The molecule has 0 amide bonds. The lowest BCUT2D eigenvalue weighted by molar-refractivity contribution is 0.122. The summed E-state index contributed by atoms with van der Waals surface area (Å²) in [7, 11) is 0. The van der Waals surface area contributed by atoms with E-state index in [4.69, 9.17) is 4.74 Å². The molecule has 122 valence electrons. The van der Waals surface area contributed by atoms with Crippen LogP contribution in [0.4, 0.5) is 11.4 Å². The van der Waals surface area contributed by atoms with E-state index in [2.05, 4.69) is 65.6 Å². The maximum absolute atomic E-state index is 5.40. The van der Waals surface area contributed by atoms with E-state index >= 15 is 0 Å². The number of morpholine rings is 1. The molecular formula is C19H25N3O. The molecule has 1 fully saturated rings. The Hall–Kier alpha value is -2.07. The fourth-order valence-corrected chi connectivity index (χ4v) is 3.16. The van der Waals surface area contributed by atoms with Crippen molar-refractivity contribution in [2.45, 2.75) is 27.3 Å². The van der Waals surface area contributed by atoms with Gasteiger partial charge in [-0.3, -0.25) is 4.99 Å². The largest absolute Gasteiger partial charge is 0.378 e. The van der Waals surface area contributed by atoms with Gasteiger partial charge in [-0.15, -0.1) is 0 Å². The van der Waals surface area contributed by atoms with Crippen molar-refractivity contribution < 1.29 is 4.74 Å². The topological polar surface area (TPSA) is 29.8 Å². The van der Waals surface area contributed by atoms with E-state index in [9.17, 15) is 0 Å². The molecule has 23 heavy (non-hydrogen) atoms. The van der Waals surface area contributed by atoms with Crippen molar-refractivity contribution in [1.29, 1.82) is 0 Å². The minimum atomic E-state index is 0.812. The van der Waals surface area contributed by atoms with Crippen LogP contribution in [0.1, 0.15) is 23.9 Å². The quantitative estimate of drug-likeness (QED) is 0.806. The summed E-state index contributed by atoms with van der Waals surface area (Å²) < 4.78 is 7.71. The Bertz CT molecular complexity index is 679. The number of aliphatic imine (C=N–C) groups is 1. The molecule has 1 aromatic heterocycles. The van der Waals surface area contributed by atoms with Crippen molar-refractivity contribution in [1.82, 2.24) is 4.57 Å². The van der Waals surface area contributed by atoms with Crippen LogP contribution in [0.2, 0.25) is 0 Å². The summed E-state index contributed by atoms with van der Waals surface area (Å²) in [4.78, 5) is 6.98. The molecule has 0 saturated carbocycles. The van der Waals surface area contributed by atoms with Gasteiger partial charge in [0.1, 0.15) is 0 Å². The predicted molar refractivity (Wildman–Crippen MR) is 96.3 cm³/mol. The zero-order valence-electron chi connectivity index (χ0n) is 14.2. The molecular weight excluding hydrogens is 286 g/mol. The van der Waals surface area contributed by atoms with Crippen molar-refractivity contribution in [2.24, 2.45) is 4.99 Å². The molecule has 2 aromatic rings. The molecule has 1 saturated heterocycles. The Morgan fingerprint density at radius 3 is 2.43 bits per heavy atom. The standard InChI is InChI=1S/C19H25N3O/c1-4-22-15(2)13-17(16(22)3)14-20-18-5-7-19(8-6-18)21-9-11-23-12-10-21/h5-8,13-14H,4,9-12H2,1-3H3. The van der Waals surface area contributed by atoms with Crippen LogP contribution in [0.3, 0.4) is 0 Å². The highest BCUT2D eigenvalue weighted by molar-refractivity contribution is 5.84. The van der Waals surface area contributed by atoms with Gasteiger partial charge in [0.05, 0.1) is 18.9 Å². The van der Waals surface area contributed by atoms with Crippen LogP contribution in [0, 0.1) is 13.8 Å². The highest BCUT2D eigenvalue weighted by Crippen LogP contribution is 2.21. The zero-order chi connectivity index (χ0) is 16.2. The monoisotopic (exact) mass is 311 g/mol. The van der Waals surface area contributed by atoms with Gasteiger partial charge in [-0.25, -0.2) is 0 Å². The maximum Gasteiger partial charge on any atom is 0.0642 e. The SMILES string of the molecule is CCn1c(C)cc(C=Nc2ccc(N3CCOCC3)cc2)c1C. The van der Waals surface area contributed by atoms with Crippen molar-refractivity contribution in [2.75, 3.05) is 31.2 Å². The van der Waals surface area contributed by atoms with Gasteiger partial charge in [-0.05, 0) is 51.1 Å². The van der Waals surface area contributed by atoms with E-state index in [0.717, 1.165) is 38.5 Å². The second-order valence-electron chi connectivity index (χ2n) is 5.94. The van der Waals surface area contributed by atoms with Gasteiger partial charge in [0.25, 0.3) is 0 Å². The number of aryl methyl sites for hydroxylation is 1. The van der Waals surface area contributed by atoms with Gasteiger partial charge in [0.15, 0.2) is 0 Å². The van der Waals surface area contributed by atoms with Gasteiger partial charge < -0.3 is 14.2 Å². The number of nitrogens with zero attached hydrogens (tertiary/aromatic N) is 3. The summed E-state index contributed by atoms with van der Waals surface area (Å²) in [6.45, 7) is 11.0. The Kier molecular flexibility index (Phi) is 4.82. The molecule has 0 aliphatic carbocycles. The Balaban J connectivity index is 1.73. The minimum Gasteiger partial charge on any atom is -0.378 e. The van der Waals surface area contributed by atoms with Crippen LogP contribution in [0.25, 0.3) is 0 Å². The maximum atomic E-state index is 5.40. The summed E-state index contributed by atoms with van der Waals surface area (Å²) >= 11 is 0. The molecule has 2 heterocycles. The Morgan fingerprint density at radius 2 is 1.83 bits per heavy atom. The molecule has 0 unspecified atom stereocenters. The molecule has 0 atom stereocenters. The molecule has 1 aromatic carbocycles. The van der Waals surface area contributed by atoms with Gasteiger partial charge in [-0.2, -0.15) is 0 Å². The van der Waals surface area contributed by atoms with Crippen LogP contribution in [0.15, 0.2) is 35.3 Å². The fourth-order valence-electron chi connectivity index (χ4n) is 3.16. The average Bonchev–Trinajstić information content (AvgIpc) is 2.87. The normalized spacial score (nSPS) is 15.5. The molecule has 0 radical (unpaired) electrons. The summed E-state index contributed by atoms with van der Waals surface area (Å²) in [5, 5.41) is 0. The van der Waals surface area contributed by atoms with Crippen LogP contribution >= 0.6 is 0 Å². The molecule has 3 rings (SSSR count). The van der Waals surface area contributed by atoms with Crippen molar-refractivity contribution in [3.05, 3.63) is 47.3 Å². The first-order chi connectivity index (χ1) is 11.2. The Morgan fingerprint density at radius 1 is 1.13 bits per heavy atom. The second kappa shape index (κ2) is 7.01. The molecule has 1 aliphatic rings. The smallest absolute Gasteiger partial charge is 0.0642 e. The lowest BCUT2D eigenvalue weighted by Gasteiger charge is -2.28. The molecule has 4 heteroatoms. The summed E-state index contributed by atoms with van der Waals surface area (Å²) in [5.74, 6) is 0. The predicted octanol–water partition coefficient (Wildman–Crippen LogP) is 3.71. The number of anilines is 1. The highest BCUT2D eigenvalue weighted by atomic mass is 16.5. The van der Waals surface area contributed by atoms with Crippen LogP contribution in [-0.2, 0) is 11.3 Å². The third-order valence-electron chi connectivity index (χ3n) is 4.51. The first-order valence-electron chi connectivity index (χ1n) is 8.32. The van der Waals surface area contributed by atoms with E-state index in [1.165, 1.54) is 22.6 Å². The molecule has 1 aliphatic heterocycles. The van der Waals surface area contributed by atoms with E-state index in [1.807, 2.05) is 6.21 Å². The molecule has 0 spiro atoms. The number of aromatic nitrogens is 1. The molecule has 4 nitrogen and oxygen atoms in total. The molecule has 0 N–H and O–H groups in total. The van der Waals surface area contributed by atoms with Gasteiger partial charge in [-0.1, -0.05) is 0 Å². The van der Waals surface area contributed by atoms with Gasteiger partial charge in [0, 0.05) is 48.5 Å². The van der Waals surface area contributed by atoms with Crippen LogP contribution < -0.4 is 4.90 Å². The first-order valence-corrected chi connectivity index (χ1v) is 8.32. The average molecular weight is 311 g/mol. The number of rotatable bonds is 4. The van der Waals surface area contributed by atoms with Gasteiger partial charge >= 0.3 is 0 Å². The van der Waals surface area contributed by atoms with E-state index in [1.54, 1.807) is 0 Å². The van der Waals surface area contributed by atoms with Crippen molar-refractivity contribution in [3.63, 3.8) is 0 Å². The van der Waals surface area contributed by atoms with E-state index in [-0.39, 0.29) is 0 Å². The minimum absolute atomic E-state index is 0.812. The van der Waals surface area contributed by atoms with Crippen molar-refractivity contribution >= 4 is 17.6 Å². The number of benzene rings is 1. The van der Waals surface area contributed by atoms with Crippen molar-refractivity contribution in [3.8, 4) is 0 Å². The number of hydrogen-bond acceptors (Lipinski definition) is 3.